The minimum atomic E-state index is -0.200. The Morgan fingerprint density at radius 2 is 2.12 bits per heavy atom. The number of benzene rings is 1. The predicted octanol–water partition coefficient (Wildman–Crippen LogP) is 3.02. The second-order valence-corrected chi connectivity index (χ2v) is 6.59. The molecule has 6 heteroatoms. The molecule has 0 spiro atoms. The fraction of sp³-hybridized carbons (Fsp3) is 0.278. The van der Waals surface area contributed by atoms with E-state index in [1.807, 2.05) is 60.6 Å². The summed E-state index contributed by atoms with van der Waals surface area (Å²) in [6, 6.07) is 9.74. The van der Waals surface area contributed by atoms with Crippen LogP contribution in [-0.4, -0.2) is 20.7 Å². The van der Waals surface area contributed by atoms with Gasteiger partial charge in [-0.1, -0.05) is 30.3 Å². The number of carbonyl (C=O) groups is 1. The standard InChI is InChI=1S/C18H20N4OS/c1-13-15(12-20-22(13)2)8-9-16(23)21-17(18-19-10-11-24-18)14-6-4-3-5-7-14/h3-7,10-12,17H,8-9H2,1-2H3,(H,21,23)/t17-/m0/s1. The number of rotatable bonds is 6. The van der Waals surface area contributed by atoms with Crippen molar-refractivity contribution in [1.29, 1.82) is 0 Å². The smallest absolute Gasteiger partial charge is 0.221 e. The topological polar surface area (TPSA) is 59.8 Å². The summed E-state index contributed by atoms with van der Waals surface area (Å²) in [7, 11) is 1.91. The highest BCUT2D eigenvalue weighted by molar-refractivity contribution is 7.09. The van der Waals surface area contributed by atoms with Crippen molar-refractivity contribution in [3.63, 3.8) is 0 Å². The van der Waals surface area contributed by atoms with Crippen LogP contribution in [0, 0.1) is 6.92 Å². The number of hydrogen-bond donors (Lipinski definition) is 1. The van der Waals surface area contributed by atoms with E-state index in [0.717, 1.165) is 21.8 Å². The number of carbonyl (C=O) groups excluding carboxylic acids is 1. The first kappa shape index (κ1) is 16.4. The van der Waals surface area contributed by atoms with Crippen LogP contribution in [-0.2, 0) is 18.3 Å². The number of thiazole rings is 1. The second kappa shape index (κ2) is 7.40. The molecule has 3 rings (SSSR count). The highest BCUT2D eigenvalue weighted by atomic mass is 32.1. The summed E-state index contributed by atoms with van der Waals surface area (Å²) in [5.41, 5.74) is 3.25. The molecule has 2 heterocycles. The molecule has 0 saturated heterocycles. The maximum absolute atomic E-state index is 12.5. The Morgan fingerprint density at radius 3 is 2.75 bits per heavy atom. The summed E-state index contributed by atoms with van der Waals surface area (Å²) in [6.07, 6.45) is 4.71. The molecule has 124 valence electrons. The molecule has 5 nitrogen and oxygen atoms in total. The first-order chi connectivity index (χ1) is 11.6. The van der Waals surface area contributed by atoms with Crippen LogP contribution in [0.25, 0.3) is 0 Å². The fourth-order valence-electron chi connectivity index (χ4n) is 2.58. The van der Waals surface area contributed by atoms with E-state index in [4.69, 9.17) is 0 Å². The van der Waals surface area contributed by atoms with Crippen LogP contribution < -0.4 is 5.32 Å². The molecule has 1 N–H and O–H groups in total. The first-order valence-corrected chi connectivity index (χ1v) is 8.74. The van der Waals surface area contributed by atoms with Crippen molar-refractivity contribution in [3.05, 3.63) is 69.9 Å². The molecule has 0 aliphatic heterocycles. The lowest BCUT2D eigenvalue weighted by Gasteiger charge is -2.17. The summed E-state index contributed by atoms with van der Waals surface area (Å²) < 4.78 is 1.83. The van der Waals surface area contributed by atoms with Gasteiger partial charge in [0, 0.05) is 30.7 Å². The Kier molecular flexibility index (Phi) is 5.05. The van der Waals surface area contributed by atoms with Gasteiger partial charge in [-0.05, 0) is 24.5 Å². The molecule has 2 aromatic heterocycles. The van der Waals surface area contributed by atoms with Crippen molar-refractivity contribution in [3.8, 4) is 0 Å². The zero-order valence-corrected chi connectivity index (χ0v) is 14.6. The number of aryl methyl sites for hydroxylation is 2. The van der Waals surface area contributed by atoms with Gasteiger partial charge in [-0.2, -0.15) is 5.10 Å². The molecule has 0 radical (unpaired) electrons. The first-order valence-electron chi connectivity index (χ1n) is 7.86. The lowest BCUT2D eigenvalue weighted by atomic mass is 10.1. The van der Waals surface area contributed by atoms with Gasteiger partial charge in [0.1, 0.15) is 11.0 Å². The van der Waals surface area contributed by atoms with Crippen molar-refractivity contribution in [2.75, 3.05) is 0 Å². The maximum atomic E-state index is 12.5. The summed E-state index contributed by atoms with van der Waals surface area (Å²) >= 11 is 1.55. The molecule has 0 saturated carbocycles. The number of nitrogens with one attached hydrogen (secondary N) is 1. The van der Waals surface area contributed by atoms with Crippen molar-refractivity contribution < 1.29 is 4.79 Å². The van der Waals surface area contributed by atoms with E-state index < -0.39 is 0 Å². The van der Waals surface area contributed by atoms with Gasteiger partial charge in [-0.3, -0.25) is 9.48 Å². The van der Waals surface area contributed by atoms with Gasteiger partial charge in [0.05, 0.1) is 6.20 Å². The molecule has 0 aliphatic rings. The van der Waals surface area contributed by atoms with E-state index in [-0.39, 0.29) is 11.9 Å². The fourth-order valence-corrected chi connectivity index (χ4v) is 3.30. The Morgan fingerprint density at radius 1 is 1.33 bits per heavy atom. The Bertz CT molecular complexity index is 796. The predicted molar refractivity (Wildman–Crippen MR) is 94.8 cm³/mol. The SMILES string of the molecule is Cc1c(CCC(=O)N[C@@H](c2ccccc2)c2nccs2)cnn1C. The van der Waals surface area contributed by atoms with Gasteiger partial charge in [-0.25, -0.2) is 4.98 Å². The Labute approximate surface area is 145 Å². The van der Waals surface area contributed by atoms with Crippen molar-refractivity contribution in [1.82, 2.24) is 20.1 Å². The summed E-state index contributed by atoms with van der Waals surface area (Å²) in [6.45, 7) is 2.02. The molecule has 24 heavy (non-hydrogen) atoms. The van der Waals surface area contributed by atoms with E-state index in [9.17, 15) is 4.79 Å². The quantitative estimate of drug-likeness (QED) is 0.750. The van der Waals surface area contributed by atoms with Crippen LogP contribution in [0.2, 0.25) is 0 Å². The third kappa shape index (κ3) is 3.71. The van der Waals surface area contributed by atoms with E-state index >= 15 is 0 Å². The maximum Gasteiger partial charge on any atom is 0.221 e. The summed E-state index contributed by atoms with van der Waals surface area (Å²) in [4.78, 5) is 16.8. The van der Waals surface area contributed by atoms with Gasteiger partial charge >= 0.3 is 0 Å². The molecule has 1 atom stereocenters. The zero-order chi connectivity index (χ0) is 16.9. The minimum Gasteiger partial charge on any atom is -0.343 e. The van der Waals surface area contributed by atoms with E-state index in [0.29, 0.717) is 12.8 Å². The molecule has 3 aromatic rings. The average molecular weight is 340 g/mol. The monoisotopic (exact) mass is 340 g/mol. The van der Waals surface area contributed by atoms with Crippen LogP contribution in [0.15, 0.2) is 48.1 Å². The second-order valence-electron chi connectivity index (χ2n) is 5.66. The molecule has 0 fully saturated rings. The van der Waals surface area contributed by atoms with Crippen molar-refractivity contribution in [2.45, 2.75) is 25.8 Å². The number of amides is 1. The summed E-state index contributed by atoms with van der Waals surface area (Å²) in [5.74, 6) is 0.0160. The normalized spacial score (nSPS) is 12.1. The number of hydrogen-bond acceptors (Lipinski definition) is 4. The van der Waals surface area contributed by atoms with Crippen LogP contribution in [0.5, 0.6) is 0 Å². The van der Waals surface area contributed by atoms with Crippen LogP contribution in [0.4, 0.5) is 0 Å². The summed E-state index contributed by atoms with van der Waals surface area (Å²) in [5, 5.41) is 10.2. The molecule has 1 aromatic carbocycles. The third-order valence-corrected chi connectivity index (χ3v) is 4.94. The van der Waals surface area contributed by atoms with E-state index in [2.05, 4.69) is 15.4 Å². The van der Waals surface area contributed by atoms with Crippen molar-refractivity contribution in [2.24, 2.45) is 7.05 Å². The Hall–Kier alpha value is -2.47. The average Bonchev–Trinajstić information content (AvgIpc) is 3.23. The highest BCUT2D eigenvalue weighted by Gasteiger charge is 2.19. The molecule has 0 aliphatic carbocycles. The molecule has 0 bridgehead atoms. The molecule has 1 amide bonds. The lowest BCUT2D eigenvalue weighted by Crippen LogP contribution is -2.29. The molecule has 0 unspecified atom stereocenters. The number of aromatic nitrogens is 3. The number of nitrogens with zero attached hydrogens (tertiary/aromatic N) is 3. The van der Waals surface area contributed by atoms with Gasteiger partial charge in [-0.15, -0.1) is 11.3 Å². The third-order valence-electron chi connectivity index (χ3n) is 4.09. The van der Waals surface area contributed by atoms with Gasteiger partial charge < -0.3 is 5.32 Å². The van der Waals surface area contributed by atoms with Crippen LogP contribution >= 0.6 is 11.3 Å². The van der Waals surface area contributed by atoms with Gasteiger partial charge in [0.25, 0.3) is 0 Å². The lowest BCUT2D eigenvalue weighted by molar-refractivity contribution is -0.121. The molecular weight excluding hydrogens is 320 g/mol. The van der Waals surface area contributed by atoms with E-state index in [1.165, 1.54) is 0 Å². The van der Waals surface area contributed by atoms with E-state index in [1.54, 1.807) is 17.5 Å². The molecular formula is C18H20N4OS. The largest absolute Gasteiger partial charge is 0.343 e. The Balaban J connectivity index is 1.69. The minimum absolute atomic E-state index is 0.0160. The zero-order valence-electron chi connectivity index (χ0n) is 13.8. The van der Waals surface area contributed by atoms with Gasteiger partial charge in [0.2, 0.25) is 5.91 Å². The van der Waals surface area contributed by atoms with Crippen molar-refractivity contribution >= 4 is 17.2 Å². The van der Waals surface area contributed by atoms with Crippen LogP contribution in [0.1, 0.15) is 34.3 Å². The van der Waals surface area contributed by atoms with Gasteiger partial charge in [0.15, 0.2) is 0 Å². The van der Waals surface area contributed by atoms with Crippen LogP contribution in [0.3, 0.4) is 0 Å². The highest BCUT2D eigenvalue weighted by Crippen LogP contribution is 2.24.